The molecule has 7 nitrogen and oxygen atoms in total. The molecule has 0 aromatic heterocycles. The van der Waals surface area contributed by atoms with E-state index in [0.717, 1.165) is 18.4 Å². The van der Waals surface area contributed by atoms with Gasteiger partial charge in [0.25, 0.3) is 0 Å². The second-order valence-electron chi connectivity index (χ2n) is 7.98. The SMILES string of the molecule is COc1ccc(CC(=O)N2CCCC2c2ccc(F)cc2)cc1S(=O)(=O)N1CCOCC1. The zero-order valence-electron chi connectivity index (χ0n) is 18.0. The third-order valence-corrected chi connectivity index (χ3v) is 7.92. The fraction of sp³-hybridized carbons (Fsp3) is 0.435. The van der Waals surface area contributed by atoms with Crippen LogP contribution in [-0.2, 0) is 26.0 Å². The first-order valence-electron chi connectivity index (χ1n) is 10.7. The van der Waals surface area contributed by atoms with Crippen molar-refractivity contribution in [3.8, 4) is 5.75 Å². The molecule has 9 heteroatoms. The molecule has 2 saturated heterocycles. The number of nitrogens with zero attached hydrogens (tertiary/aromatic N) is 2. The molecule has 2 heterocycles. The van der Waals surface area contributed by atoms with Gasteiger partial charge in [0, 0.05) is 19.6 Å². The zero-order valence-corrected chi connectivity index (χ0v) is 18.8. The van der Waals surface area contributed by atoms with Crippen molar-refractivity contribution in [1.82, 2.24) is 9.21 Å². The maximum absolute atomic E-state index is 13.3. The minimum Gasteiger partial charge on any atom is -0.495 e. The summed E-state index contributed by atoms with van der Waals surface area (Å²) in [6.45, 7) is 1.87. The molecule has 172 valence electrons. The smallest absolute Gasteiger partial charge is 0.246 e. The van der Waals surface area contributed by atoms with Gasteiger partial charge in [0.05, 0.1) is 32.8 Å². The van der Waals surface area contributed by atoms with E-state index in [-0.39, 0.29) is 47.9 Å². The molecule has 32 heavy (non-hydrogen) atoms. The average molecular weight is 463 g/mol. The molecule has 2 aromatic rings. The van der Waals surface area contributed by atoms with Crippen LogP contribution in [0.3, 0.4) is 0 Å². The summed E-state index contributed by atoms with van der Waals surface area (Å²) < 4.78 is 51.6. The number of hydrogen-bond acceptors (Lipinski definition) is 5. The number of carbonyl (C=O) groups is 1. The average Bonchev–Trinajstić information content (AvgIpc) is 3.30. The molecule has 2 fully saturated rings. The highest BCUT2D eigenvalue weighted by molar-refractivity contribution is 7.89. The number of morpholine rings is 1. The first-order valence-corrected chi connectivity index (χ1v) is 12.1. The summed E-state index contributed by atoms with van der Waals surface area (Å²) in [5.41, 5.74) is 1.51. The minimum atomic E-state index is -3.77. The lowest BCUT2D eigenvalue weighted by Crippen LogP contribution is -2.40. The molecule has 0 radical (unpaired) electrons. The maximum Gasteiger partial charge on any atom is 0.246 e. The highest BCUT2D eigenvalue weighted by atomic mass is 32.2. The number of ether oxygens (including phenoxy) is 2. The van der Waals surface area contributed by atoms with Gasteiger partial charge in [-0.05, 0) is 48.2 Å². The Bertz CT molecular complexity index is 1070. The van der Waals surface area contributed by atoms with Crippen LogP contribution in [0.1, 0.15) is 30.0 Å². The summed E-state index contributed by atoms with van der Waals surface area (Å²) in [7, 11) is -2.35. The Morgan fingerprint density at radius 2 is 1.84 bits per heavy atom. The van der Waals surface area contributed by atoms with Gasteiger partial charge in [-0.1, -0.05) is 18.2 Å². The van der Waals surface area contributed by atoms with Crippen LogP contribution in [0.5, 0.6) is 5.75 Å². The summed E-state index contributed by atoms with van der Waals surface area (Å²) in [5.74, 6) is -0.147. The lowest BCUT2D eigenvalue weighted by Gasteiger charge is -2.27. The van der Waals surface area contributed by atoms with E-state index in [1.165, 1.54) is 29.6 Å². The minimum absolute atomic E-state index is 0.0590. The molecule has 2 aliphatic heterocycles. The largest absolute Gasteiger partial charge is 0.495 e. The third-order valence-electron chi connectivity index (χ3n) is 6.00. The molecule has 0 aliphatic carbocycles. The van der Waals surface area contributed by atoms with Crippen LogP contribution in [0.15, 0.2) is 47.4 Å². The number of sulfonamides is 1. The molecule has 0 spiro atoms. The van der Waals surface area contributed by atoms with E-state index in [4.69, 9.17) is 9.47 Å². The summed E-state index contributed by atoms with van der Waals surface area (Å²) in [6, 6.07) is 11.0. The van der Waals surface area contributed by atoms with E-state index in [1.54, 1.807) is 29.2 Å². The first kappa shape index (κ1) is 22.7. The number of carbonyl (C=O) groups excluding carboxylic acids is 1. The van der Waals surface area contributed by atoms with Crippen molar-refractivity contribution in [1.29, 1.82) is 0 Å². The fourth-order valence-electron chi connectivity index (χ4n) is 4.33. The van der Waals surface area contributed by atoms with Crippen LogP contribution < -0.4 is 4.74 Å². The summed E-state index contributed by atoms with van der Waals surface area (Å²) in [6.07, 6.45) is 1.76. The van der Waals surface area contributed by atoms with Crippen LogP contribution in [-0.4, -0.2) is 63.5 Å². The van der Waals surface area contributed by atoms with Gasteiger partial charge in [-0.15, -0.1) is 0 Å². The topological polar surface area (TPSA) is 76.2 Å². The number of halogens is 1. The van der Waals surface area contributed by atoms with Gasteiger partial charge in [-0.2, -0.15) is 4.31 Å². The number of likely N-dealkylation sites (tertiary alicyclic amines) is 1. The monoisotopic (exact) mass is 462 g/mol. The maximum atomic E-state index is 13.3. The fourth-order valence-corrected chi connectivity index (χ4v) is 5.95. The van der Waals surface area contributed by atoms with Crippen LogP contribution in [0.2, 0.25) is 0 Å². The molecule has 4 rings (SSSR count). The number of hydrogen-bond donors (Lipinski definition) is 0. The lowest BCUT2D eigenvalue weighted by molar-refractivity contribution is -0.131. The standard InChI is InChI=1S/C23H27FN2O5S/c1-30-21-9-4-17(15-22(21)32(28,29)25-11-13-31-14-12-25)16-23(27)26-10-2-3-20(26)18-5-7-19(24)8-6-18/h4-9,15,20H,2-3,10-14,16H2,1H3. The Balaban J connectivity index is 1.55. The van der Waals surface area contributed by atoms with Crippen LogP contribution in [0, 0.1) is 5.82 Å². The zero-order chi connectivity index (χ0) is 22.7. The third kappa shape index (κ3) is 4.65. The van der Waals surface area contributed by atoms with Crippen molar-refractivity contribution in [3.63, 3.8) is 0 Å². The molecule has 1 unspecified atom stereocenters. The summed E-state index contributed by atoms with van der Waals surface area (Å²) in [4.78, 5) is 15.0. The second-order valence-corrected chi connectivity index (χ2v) is 9.88. The van der Waals surface area contributed by atoms with Gasteiger partial charge in [0.2, 0.25) is 15.9 Å². The van der Waals surface area contributed by atoms with E-state index < -0.39 is 10.0 Å². The predicted octanol–water partition coefficient (Wildman–Crippen LogP) is 2.76. The van der Waals surface area contributed by atoms with Gasteiger partial charge < -0.3 is 14.4 Å². The Morgan fingerprint density at radius 3 is 2.53 bits per heavy atom. The predicted molar refractivity (Wildman–Crippen MR) is 116 cm³/mol. The quantitative estimate of drug-likeness (QED) is 0.660. The molecular formula is C23H27FN2O5S. The summed E-state index contributed by atoms with van der Waals surface area (Å²) in [5, 5.41) is 0. The molecule has 2 aliphatic rings. The molecule has 0 saturated carbocycles. The molecule has 1 amide bonds. The van der Waals surface area contributed by atoms with Gasteiger partial charge in [0.15, 0.2) is 0 Å². The number of rotatable bonds is 6. The Morgan fingerprint density at radius 1 is 1.12 bits per heavy atom. The van der Waals surface area contributed by atoms with Gasteiger partial charge in [0.1, 0.15) is 16.5 Å². The molecule has 1 atom stereocenters. The van der Waals surface area contributed by atoms with Gasteiger partial charge in [-0.3, -0.25) is 4.79 Å². The molecule has 0 bridgehead atoms. The summed E-state index contributed by atoms with van der Waals surface area (Å²) >= 11 is 0. The van der Waals surface area contributed by atoms with E-state index in [2.05, 4.69) is 0 Å². The first-order chi connectivity index (χ1) is 15.4. The van der Waals surface area contributed by atoms with E-state index in [9.17, 15) is 17.6 Å². The number of benzene rings is 2. The lowest BCUT2D eigenvalue weighted by atomic mass is 10.0. The van der Waals surface area contributed by atoms with Gasteiger partial charge >= 0.3 is 0 Å². The number of methoxy groups -OCH3 is 1. The van der Waals surface area contributed by atoms with Crippen molar-refractivity contribution in [3.05, 3.63) is 59.4 Å². The van der Waals surface area contributed by atoms with E-state index >= 15 is 0 Å². The molecular weight excluding hydrogens is 435 g/mol. The van der Waals surface area contributed by atoms with Crippen molar-refractivity contribution >= 4 is 15.9 Å². The van der Waals surface area contributed by atoms with E-state index in [0.29, 0.717) is 25.3 Å². The Kier molecular flexibility index (Phi) is 6.78. The normalized spacial score (nSPS) is 19.8. The van der Waals surface area contributed by atoms with Crippen molar-refractivity contribution in [2.75, 3.05) is 40.0 Å². The highest BCUT2D eigenvalue weighted by Gasteiger charge is 2.32. The van der Waals surface area contributed by atoms with Gasteiger partial charge in [-0.25, -0.2) is 12.8 Å². The Labute approximate surface area is 187 Å². The van der Waals surface area contributed by atoms with Crippen LogP contribution in [0.25, 0.3) is 0 Å². The second kappa shape index (κ2) is 9.56. The molecule has 0 N–H and O–H groups in total. The van der Waals surface area contributed by atoms with Crippen molar-refractivity contribution in [2.45, 2.75) is 30.2 Å². The Hall–Kier alpha value is -2.49. The van der Waals surface area contributed by atoms with Crippen LogP contribution >= 0.6 is 0 Å². The highest BCUT2D eigenvalue weighted by Crippen LogP contribution is 2.33. The van der Waals surface area contributed by atoms with Crippen molar-refractivity contribution < 1.29 is 27.1 Å². The van der Waals surface area contributed by atoms with E-state index in [1.807, 2.05) is 0 Å². The van der Waals surface area contributed by atoms with Crippen LogP contribution in [0.4, 0.5) is 4.39 Å². The molecule has 2 aromatic carbocycles. The van der Waals surface area contributed by atoms with Crippen molar-refractivity contribution in [2.24, 2.45) is 0 Å². The number of amides is 1.